The molecule has 1 aliphatic rings. The number of benzene rings is 4. The lowest BCUT2D eigenvalue weighted by molar-refractivity contribution is -0.0717. The molecule has 0 aromatic heterocycles. The van der Waals surface area contributed by atoms with E-state index in [2.05, 4.69) is 114 Å². The molecule has 4 aromatic carbocycles. The summed E-state index contributed by atoms with van der Waals surface area (Å²) >= 11 is 0. The first-order valence-electron chi connectivity index (χ1n) is 16.9. The van der Waals surface area contributed by atoms with E-state index in [1.807, 2.05) is 38.1 Å². The highest BCUT2D eigenvalue weighted by atomic mass is 16.6. The van der Waals surface area contributed by atoms with Crippen LogP contribution in [0.4, 0.5) is 0 Å². The second kappa shape index (κ2) is 14.2. The summed E-state index contributed by atoms with van der Waals surface area (Å²) in [6, 6.07) is 34.0. The van der Waals surface area contributed by atoms with Crippen molar-refractivity contribution in [1.29, 1.82) is 0 Å². The Kier molecular flexibility index (Phi) is 10.5. The van der Waals surface area contributed by atoms with E-state index >= 15 is 0 Å². The topological polar surface area (TPSA) is 60.5 Å². The van der Waals surface area contributed by atoms with Gasteiger partial charge in [0, 0.05) is 10.8 Å². The number of rotatable bonds is 15. The van der Waals surface area contributed by atoms with Gasteiger partial charge in [-0.3, -0.25) is 0 Å². The van der Waals surface area contributed by atoms with Crippen molar-refractivity contribution in [3.05, 3.63) is 130 Å². The van der Waals surface area contributed by atoms with Crippen LogP contribution in [0, 0.1) is 0 Å². The molecular formula is C42H52O5. The zero-order chi connectivity index (χ0) is 33.8. The average Bonchev–Trinajstić information content (AvgIpc) is 3.91. The van der Waals surface area contributed by atoms with Crippen molar-refractivity contribution in [3.8, 4) is 11.5 Å². The van der Waals surface area contributed by atoms with Crippen molar-refractivity contribution in [1.82, 2.24) is 0 Å². The standard InChI is InChI=1S/C42H52O5/c1-29(2)30-9-11-31(12-10-30)40(3,4)33-17-21-37(22-18-33)44-25-36(43)26-47-42(7,8)35-15-13-32(14-16-35)41(5,6)34-19-23-38(24-20-34)45-27-39-28-46-39/h9-24,29,36,39,43H,25-28H2,1-8H3. The van der Waals surface area contributed by atoms with E-state index in [1.54, 1.807) is 0 Å². The molecule has 2 atom stereocenters. The van der Waals surface area contributed by atoms with Crippen LogP contribution in [0.1, 0.15) is 94.7 Å². The Labute approximate surface area is 281 Å². The lowest BCUT2D eigenvalue weighted by Crippen LogP contribution is -2.30. The van der Waals surface area contributed by atoms with Crippen LogP contribution in [-0.2, 0) is 25.9 Å². The number of aliphatic hydroxyl groups is 1. The predicted octanol–water partition coefficient (Wildman–Crippen LogP) is 8.93. The molecule has 47 heavy (non-hydrogen) atoms. The van der Waals surface area contributed by atoms with Crippen LogP contribution >= 0.6 is 0 Å². The van der Waals surface area contributed by atoms with E-state index in [4.69, 9.17) is 18.9 Å². The molecule has 1 N–H and O–H groups in total. The highest BCUT2D eigenvalue weighted by molar-refractivity contribution is 5.43. The molecule has 1 aliphatic heterocycles. The predicted molar refractivity (Wildman–Crippen MR) is 190 cm³/mol. The summed E-state index contributed by atoms with van der Waals surface area (Å²) in [6.07, 6.45) is -0.512. The SMILES string of the molecule is CC(C)c1ccc(C(C)(C)c2ccc(OCC(O)COC(C)(C)c3ccc(C(C)(C)c4ccc(OCC5CO5)cc4)cc3)cc2)cc1. The molecule has 0 bridgehead atoms. The zero-order valence-corrected chi connectivity index (χ0v) is 29.4. The van der Waals surface area contributed by atoms with Gasteiger partial charge in [0.25, 0.3) is 0 Å². The highest BCUT2D eigenvalue weighted by Crippen LogP contribution is 2.35. The second-order valence-electron chi connectivity index (χ2n) is 14.7. The molecule has 0 saturated carbocycles. The van der Waals surface area contributed by atoms with Crippen molar-refractivity contribution >= 4 is 0 Å². The lowest BCUT2D eigenvalue weighted by atomic mass is 9.77. The van der Waals surface area contributed by atoms with Crippen LogP contribution < -0.4 is 9.47 Å². The van der Waals surface area contributed by atoms with Gasteiger partial charge in [-0.2, -0.15) is 0 Å². The molecule has 0 aliphatic carbocycles. The van der Waals surface area contributed by atoms with Crippen LogP contribution in [0.25, 0.3) is 0 Å². The first-order valence-corrected chi connectivity index (χ1v) is 16.9. The Hall–Kier alpha value is -3.64. The maximum atomic E-state index is 10.7. The summed E-state index contributed by atoms with van der Waals surface area (Å²) in [5.74, 6) is 2.11. The van der Waals surface area contributed by atoms with Crippen molar-refractivity contribution in [2.24, 2.45) is 0 Å². The van der Waals surface area contributed by atoms with Gasteiger partial charge in [-0.1, -0.05) is 114 Å². The highest BCUT2D eigenvalue weighted by Gasteiger charge is 2.28. The molecule has 1 heterocycles. The van der Waals surface area contributed by atoms with E-state index < -0.39 is 11.7 Å². The van der Waals surface area contributed by atoms with E-state index in [9.17, 15) is 5.11 Å². The van der Waals surface area contributed by atoms with Crippen LogP contribution in [0.5, 0.6) is 11.5 Å². The zero-order valence-electron chi connectivity index (χ0n) is 29.4. The summed E-state index contributed by atoms with van der Waals surface area (Å²) in [5, 5.41) is 10.7. The van der Waals surface area contributed by atoms with E-state index in [0.29, 0.717) is 12.5 Å². The molecule has 0 spiro atoms. The molecule has 4 aromatic rings. The van der Waals surface area contributed by atoms with Gasteiger partial charge in [-0.15, -0.1) is 0 Å². The van der Waals surface area contributed by atoms with Gasteiger partial charge in [0.05, 0.1) is 18.8 Å². The Bertz CT molecular complexity index is 1560. The van der Waals surface area contributed by atoms with Crippen LogP contribution in [0.15, 0.2) is 97.1 Å². The average molecular weight is 637 g/mol. The number of ether oxygens (including phenoxy) is 4. The number of epoxide rings is 1. The van der Waals surface area contributed by atoms with Crippen molar-refractivity contribution in [3.63, 3.8) is 0 Å². The summed E-state index contributed by atoms with van der Waals surface area (Å²) in [5.41, 5.74) is 6.43. The molecular weight excluding hydrogens is 584 g/mol. The fourth-order valence-electron chi connectivity index (χ4n) is 5.82. The summed E-state index contributed by atoms with van der Waals surface area (Å²) in [4.78, 5) is 0. The molecule has 5 nitrogen and oxygen atoms in total. The Morgan fingerprint density at radius 1 is 0.617 bits per heavy atom. The Morgan fingerprint density at radius 2 is 1.02 bits per heavy atom. The minimum absolute atomic E-state index is 0.132. The summed E-state index contributed by atoms with van der Waals surface area (Å²) in [6.45, 7) is 19.2. The van der Waals surface area contributed by atoms with Gasteiger partial charge >= 0.3 is 0 Å². The monoisotopic (exact) mass is 636 g/mol. The minimum atomic E-state index is -0.758. The van der Waals surface area contributed by atoms with Crippen molar-refractivity contribution in [2.45, 2.75) is 89.9 Å². The molecule has 5 heteroatoms. The van der Waals surface area contributed by atoms with Gasteiger partial charge in [0.15, 0.2) is 0 Å². The van der Waals surface area contributed by atoms with E-state index in [1.165, 1.54) is 27.8 Å². The maximum absolute atomic E-state index is 10.7. The lowest BCUT2D eigenvalue weighted by Gasteiger charge is -2.30. The van der Waals surface area contributed by atoms with Crippen LogP contribution in [-0.4, -0.2) is 43.7 Å². The molecule has 0 amide bonds. The third kappa shape index (κ3) is 8.64. The second-order valence-corrected chi connectivity index (χ2v) is 14.7. The summed E-state index contributed by atoms with van der Waals surface area (Å²) < 4.78 is 23.2. The summed E-state index contributed by atoms with van der Waals surface area (Å²) in [7, 11) is 0. The normalized spacial score (nSPS) is 15.8. The number of aliphatic hydroxyl groups excluding tert-OH is 1. The van der Waals surface area contributed by atoms with E-state index in [-0.39, 0.29) is 30.1 Å². The van der Waals surface area contributed by atoms with Crippen molar-refractivity contribution < 1.29 is 24.1 Å². The van der Waals surface area contributed by atoms with Crippen molar-refractivity contribution in [2.75, 3.05) is 26.4 Å². The first-order chi connectivity index (χ1) is 22.3. The van der Waals surface area contributed by atoms with Gasteiger partial charge in [0.2, 0.25) is 0 Å². The van der Waals surface area contributed by atoms with Crippen LogP contribution in [0.3, 0.4) is 0 Å². The van der Waals surface area contributed by atoms with Crippen LogP contribution in [0.2, 0.25) is 0 Å². The third-order valence-corrected chi connectivity index (χ3v) is 9.67. The van der Waals surface area contributed by atoms with E-state index in [0.717, 1.165) is 23.7 Å². The number of hydrogen-bond acceptors (Lipinski definition) is 5. The first kappa shape index (κ1) is 34.7. The van der Waals surface area contributed by atoms with Gasteiger partial charge < -0.3 is 24.1 Å². The molecule has 1 saturated heterocycles. The molecule has 5 rings (SSSR count). The largest absolute Gasteiger partial charge is 0.491 e. The fraction of sp³-hybridized carbons (Fsp3) is 0.429. The molecule has 250 valence electrons. The molecule has 2 unspecified atom stereocenters. The third-order valence-electron chi connectivity index (χ3n) is 9.67. The Balaban J connectivity index is 1.11. The molecule has 1 fully saturated rings. The smallest absolute Gasteiger partial charge is 0.119 e. The number of hydrogen-bond donors (Lipinski definition) is 1. The minimum Gasteiger partial charge on any atom is -0.491 e. The van der Waals surface area contributed by atoms with Gasteiger partial charge in [-0.25, -0.2) is 0 Å². The molecule has 0 radical (unpaired) electrons. The Morgan fingerprint density at radius 3 is 1.47 bits per heavy atom. The van der Waals surface area contributed by atoms with Gasteiger partial charge in [-0.05, 0) is 77.4 Å². The quantitative estimate of drug-likeness (QED) is 0.132. The maximum Gasteiger partial charge on any atom is 0.119 e. The fourth-order valence-corrected chi connectivity index (χ4v) is 5.82. The van der Waals surface area contributed by atoms with Gasteiger partial charge in [0.1, 0.15) is 36.9 Å².